The van der Waals surface area contributed by atoms with Crippen molar-refractivity contribution in [3.05, 3.63) is 42.2 Å². The first kappa shape index (κ1) is 13.1. The maximum Gasteiger partial charge on any atom is 0.160 e. The molecule has 1 aromatic carbocycles. The summed E-state index contributed by atoms with van der Waals surface area (Å²) in [7, 11) is 0. The fraction of sp³-hybridized carbons (Fsp3) is 0.333. The lowest BCUT2D eigenvalue weighted by Gasteiger charge is -2.31. The fourth-order valence-corrected chi connectivity index (χ4v) is 4.09. The highest BCUT2D eigenvalue weighted by Crippen LogP contribution is 2.44. The van der Waals surface area contributed by atoms with Crippen molar-refractivity contribution in [1.29, 1.82) is 0 Å². The van der Waals surface area contributed by atoms with E-state index < -0.39 is 0 Å². The van der Waals surface area contributed by atoms with E-state index in [-0.39, 0.29) is 0 Å². The van der Waals surface area contributed by atoms with E-state index in [1.807, 2.05) is 6.20 Å². The smallest absolute Gasteiger partial charge is 0.160 e. The van der Waals surface area contributed by atoms with Gasteiger partial charge in [-0.15, -0.1) is 5.10 Å². The second-order valence-electron chi connectivity index (χ2n) is 6.48. The van der Waals surface area contributed by atoms with Gasteiger partial charge < -0.3 is 15.6 Å². The zero-order valence-electron chi connectivity index (χ0n) is 12.8. The maximum absolute atomic E-state index is 4.29. The molecule has 5 rings (SSSR count). The quantitative estimate of drug-likeness (QED) is 0.646. The van der Waals surface area contributed by atoms with Crippen LogP contribution in [-0.2, 0) is 0 Å². The van der Waals surface area contributed by atoms with Gasteiger partial charge in [0.15, 0.2) is 5.65 Å². The van der Waals surface area contributed by atoms with Gasteiger partial charge >= 0.3 is 0 Å². The van der Waals surface area contributed by atoms with Crippen LogP contribution in [0.25, 0.3) is 22.2 Å². The third kappa shape index (κ3) is 1.96. The third-order valence-corrected chi connectivity index (χ3v) is 5.22. The van der Waals surface area contributed by atoms with Gasteiger partial charge in [0, 0.05) is 34.0 Å². The molecular weight excluding hydrogens is 286 g/mol. The number of H-pyrrole nitrogens is 1. The normalized spacial score (nSPS) is 20.8. The molecule has 2 aliphatic heterocycles. The molecule has 1 atom stereocenters. The number of hydrogen-bond donors (Lipinski definition) is 3. The van der Waals surface area contributed by atoms with Crippen molar-refractivity contribution < 1.29 is 0 Å². The van der Waals surface area contributed by atoms with Gasteiger partial charge in [-0.2, -0.15) is 5.10 Å². The second-order valence-corrected chi connectivity index (χ2v) is 6.48. The molecule has 5 heteroatoms. The fourth-order valence-electron chi connectivity index (χ4n) is 4.09. The van der Waals surface area contributed by atoms with E-state index in [0.717, 1.165) is 18.7 Å². The van der Waals surface area contributed by atoms with E-state index in [4.69, 9.17) is 0 Å². The van der Waals surface area contributed by atoms with Crippen molar-refractivity contribution in [2.75, 3.05) is 18.4 Å². The molecular formula is C18H19N5. The number of hydrogen-bond acceptors (Lipinski definition) is 4. The van der Waals surface area contributed by atoms with Crippen molar-refractivity contribution in [1.82, 2.24) is 20.5 Å². The van der Waals surface area contributed by atoms with E-state index in [1.165, 1.54) is 40.6 Å². The zero-order valence-corrected chi connectivity index (χ0v) is 12.8. The molecule has 2 aliphatic rings. The average Bonchev–Trinajstić information content (AvgIpc) is 2.98. The van der Waals surface area contributed by atoms with Gasteiger partial charge in [0.25, 0.3) is 0 Å². The Bertz CT molecular complexity index is 863. The largest absolute Gasteiger partial charge is 0.377 e. The van der Waals surface area contributed by atoms with E-state index in [2.05, 4.69) is 56.3 Å². The number of aromatic nitrogens is 3. The highest BCUT2D eigenvalue weighted by atomic mass is 15.1. The molecule has 4 heterocycles. The van der Waals surface area contributed by atoms with Gasteiger partial charge in [0.05, 0.1) is 12.2 Å². The number of benzene rings is 1. The van der Waals surface area contributed by atoms with Gasteiger partial charge in [-0.25, -0.2) is 0 Å². The Labute approximate surface area is 134 Å². The van der Waals surface area contributed by atoms with Crippen LogP contribution in [0.5, 0.6) is 0 Å². The molecule has 0 spiro atoms. The summed E-state index contributed by atoms with van der Waals surface area (Å²) < 4.78 is 0. The van der Waals surface area contributed by atoms with Gasteiger partial charge in [0.2, 0.25) is 0 Å². The van der Waals surface area contributed by atoms with Crippen LogP contribution in [0.4, 0.5) is 5.69 Å². The van der Waals surface area contributed by atoms with Gasteiger partial charge in [0.1, 0.15) is 0 Å². The third-order valence-electron chi connectivity index (χ3n) is 5.22. The first-order chi connectivity index (χ1) is 11.4. The number of fused-ring (bicyclic) bond motifs is 2. The second kappa shape index (κ2) is 5.06. The maximum atomic E-state index is 4.29. The molecule has 0 amide bonds. The summed E-state index contributed by atoms with van der Waals surface area (Å²) in [5.41, 5.74) is 5.79. The summed E-state index contributed by atoms with van der Waals surface area (Å²) in [6, 6.07) is 8.84. The SMILES string of the molecule is c1ccc2c(c1)NC(C1CCNCC1)c1c[nH]c3nncc-2c13. The molecule has 23 heavy (non-hydrogen) atoms. The summed E-state index contributed by atoms with van der Waals surface area (Å²) in [5, 5.41) is 17.0. The summed E-state index contributed by atoms with van der Waals surface area (Å²) in [5.74, 6) is 0.627. The van der Waals surface area contributed by atoms with E-state index in [1.54, 1.807) is 0 Å². The number of aromatic amines is 1. The summed E-state index contributed by atoms with van der Waals surface area (Å²) in [6.07, 6.45) is 6.40. The molecule has 0 bridgehead atoms. The Morgan fingerprint density at radius 2 is 1.91 bits per heavy atom. The Hall–Kier alpha value is -2.40. The Balaban J connectivity index is 1.76. The minimum absolute atomic E-state index is 0.317. The van der Waals surface area contributed by atoms with Crippen molar-refractivity contribution in [2.45, 2.75) is 18.9 Å². The Morgan fingerprint density at radius 3 is 2.83 bits per heavy atom. The lowest BCUT2D eigenvalue weighted by Crippen LogP contribution is -2.33. The predicted octanol–water partition coefficient (Wildman–Crippen LogP) is 3.09. The monoisotopic (exact) mass is 305 g/mol. The molecule has 116 valence electrons. The first-order valence-corrected chi connectivity index (χ1v) is 8.31. The van der Waals surface area contributed by atoms with E-state index in [9.17, 15) is 0 Å². The molecule has 5 nitrogen and oxygen atoms in total. The van der Waals surface area contributed by atoms with E-state index >= 15 is 0 Å². The molecule has 0 aliphatic carbocycles. The van der Waals surface area contributed by atoms with Gasteiger partial charge in [-0.3, -0.25) is 0 Å². The van der Waals surface area contributed by atoms with E-state index in [0.29, 0.717) is 12.0 Å². The lowest BCUT2D eigenvalue weighted by molar-refractivity contribution is 0.336. The number of nitrogens with one attached hydrogen (secondary N) is 3. The summed E-state index contributed by atoms with van der Waals surface area (Å²) in [4.78, 5) is 3.32. The van der Waals surface area contributed by atoms with Crippen LogP contribution in [0, 0.1) is 5.92 Å². The lowest BCUT2D eigenvalue weighted by atomic mass is 9.86. The number of nitrogens with zero attached hydrogens (tertiary/aromatic N) is 2. The summed E-state index contributed by atoms with van der Waals surface area (Å²) >= 11 is 0. The standard InChI is InChI=1S/C18H19N5/c1-2-4-15-12(3-1)13-10-21-23-18-16(13)14(9-20-18)17(22-15)11-5-7-19-8-6-11/h1-4,9-11,17,19,22H,5-8H2,(H,20,23). The van der Waals surface area contributed by atoms with Crippen LogP contribution in [0.3, 0.4) is 0 Å². The molecule has 3 N–H and O–H groups in total. The molecule has 1 unspecified atom stereocenters. The highest BCUT2D eigenvalue weighted by Gasteiger charge is 2.31. The van der Waals surface area contributed by atoms with Crippen molar-refractivity contribution in [3.63, 3.8) is 0 Å². The van der Waals surface area contributed by atoms with Crippen LogP contribution in [-0.4, -0.2) is 28.3 Å². The molecule has 0 saturated carbocycles. The Morgan fingerprint density at radius 1 is 1.04 bits per heavy atom. The average molecular weight is 305 g/mol. The van der Waals surface area contributed by atoms with Gasteiger partial charge in [-0.05, 0) is 37.9 Å². The summed E-state index contributed by atoms with van der Waals surface area (Å²) in [6.45, 7) is 2.19. The molecule has 1 fully saturated rings. The van der Waals surface area contributed by atoms with Crippen LogP contribution in [0.2, 0.25) is 0 Å². The minimum Gasteiger partial charge on any atom is -0.377 e. The predicted molar refractivity (Wildman–Crippen MR) is 91.3 cm³/mol. The number of piperidine rings is 1. The number of para-hydroxylation sites is 1. The van der Waals surface area contributed by atoms with Crippen LogP contribution < -0.4 is 10.6 Å². The molecule has 1 saturated heterocycles. The van der Waals surface area contributed by atoms with Crippen molar-refractivity contribution >= 4 is 16.7 Å². The van der Waals surface area contributed by atoms with Crippen molar-refractivity contribution in [2.24, 2.45) is 5.92 Å². The number of rotatable bonds is 1. The molecule has 2 aromatic heterocycles. The first-order valence-electron chi connectivity index (χ1n) is 8.31. The number of anilines is 1. The topological polar surface area (TPSA) is 65.6 Å². The molecule has 3 aromatic rings. The highest BCUT2D eigenvalue weighted by molar-refractivity contribution is 6.00. The van der Waals surface area contributed by atoms with Crippen molar-refractivity contribution in [3.8, 4) is 11.1 Å². The van der Waals surface area contributed by atoms with Crippen LogP contribution >= 0.6 is 0 Å². The van der Waals surface area contributed by atoms with Gasteiger partial charge in [-0.1, -0.05) is 18.2 Å². The minimum atomic E-state index is 0.317. The Kier molecular flexibility index (Phi) is 2.88. The van der Waals surface area contributed by atoms with Crippen LogP contribution in [0.1, 0.15) is 24.4 Å². The van der Waals surface area contributed by atoms with Crippen LogP contribution in [0.15, 0.2) is 36.7 Å². The zero-order chi connectivity index (χ0) is 15.2. The molecule has 0 radical (unpaired) electrons.